The Labute approximate surface area is 87.7 Å². The zero-order chi connectivity index (χ0) is 10.6. The number of piperidine rings is 1. The number of aliphatic hydroxyl groups is 1. The smallest absolute Gasteiger partial charge is 0.0644 e. The van der Waals surface area contributed by atoms with E-state index in [-0.39, 0.29) is 0 Å². The summed E-state index contributed by atoms with van der Waals surface area (Å²) in [6, 6.07) is 0. The normalized spacial score (nSPS) is 22.9. The van der Waals surface area contributed by atoms with E-state index in [1.54, 1.807) is 0 Å². The Balaban J connectivity index is 2.10. The van der Waals surface area contributed by atoms with Gasteiger partial charge in [-0.3, -0.25) is 0 Å². The van der Waals surface area contributed by atoms with Crippen molar-refractivity contribution in [1.82, 2.24) is 9.80 Å². The van der Waals surface area contributed by atoms with Crippen LogP contribution in [-0.4, -0.2) is 60.8 Å². The van der Waals surface area contributed by atoms with E-state index in [4.69, 9.17) is 0 Å². The van der Waals surface area contributed by atoms with Gasteiger partial charge >= 0.3 is 0 Å². The Kier molecular flexibility index (Phi) is 4.35. The molecule has 3 heteroatoms. The summed E-state index contributed by atoms with van der Waals surface area (Å²) < 4.78 is 0. The molecule has 1 heterocycles. The molecule has 1 rings (SSSR count). The highest BCUT2D eigenvalue weighted by Gasteiger charge is 2.26. The van der Waals surface area contributed by atoms with Crippen LogP contribution in [-0.2, 0) is 0 Å². The first kappa shape index (κ1) is 12.0. The van der Waals surface area contributed by atoms with Gasteiger partial charge in [-0.25, -0.2) is 0 Å². The molecule has 0 spiro atoms. The number of hydrogen-bond acceptors (Lipinski definition) is 3. The zero-order valence-electron chi connectivity index (χ0n) is 9.79. The van der Waals surface area contributed by atoms with Gasteiger partial charge in [-0.2, -0.15) is 0 Å². The standard InChI is InChI=1S/C11H24N2O/c1-11(14)5-9-13(10-6-11)8-4-7-12(2)3/h14H,4-10H2,1-3H3. The zero-order valence-corrected chi connectivity index (χ0v) is 9.79. The summed E-state index contributed by atoms with van der Waals surface area (Å²) in [5, 5.41) is 9.77. The summed E-state index contributed by atoms with van der Waals surface area (Å²) in [6.07, 6.45) is 3.08. The SMILES string of the molecule is CN(C)CCCN1CCC(C)(O)CC1. The molecule has 0 amide bonds. The molecule has 1 fully saturated rings. The number of nitrogens with zero attached hydrogens (tertiary/aromatic N) is 2. The molecule has 0 bridgehead atoms. The Morgan fingerprint density at radius 1 is 1.29 bits per heavy atom. The molecule has 3 nitrogen and oxygen atoms in total. The lowest BCUT2D eigenvalue weighted by Crippen LogP contribution is -2.43. The molecule has 84 valence electrons. The quantitative estimate of drug-likeness (QED) is 0.726. The van der Waals surface area contributed by atoms with Crippen molar-refractivity contribution in [3.05, 3.63) is 0 Å². The van der Waals surface area contributed by atoms with Gasteiger partial charge in [0.25, 0.3) is 0 Å². The average Bonchev–Trinajstić information content (AvgIpc) is 2.07. The average molecular weight is 200 g/mol. The molecular weight excluding hydrogens is 176 g/mol. The van der Waals surface area contributed by atoms with Crippen LogP contribution in [0, 0.1) is 0 Å². The maximum absolute atomic E-state index is 9.77. The van der Waals surface area contributed by atoms with Gasteiger partial charge in [-0.15, -0.1) is 0 Å². The van der Waals surface area contributed by atoms with Crippen molar-refractivity contribution < 1.29 is 5.11 Å². The lowest BCUT2D eigenvalue weighted by atomic mass is 9.94. The minimum absolute atomic E-state index is 0.405. The van der Waals surface area contributed by atoms with Gasteiger partial charge in [0.2, 0.25) is 0 Å². The summed E-state index contributed by atoms with van der Waals surface area (Å²) in [5.41, 5.74) is -0.405. The third-order valence-electron chi connectivity index (χ3n) is 3.01. The van der Waals surface area contributed by atoms with Crippen LogP contribution in [0.4, 0.5) is 0 Å². The predicted octanol–water partition coefficient (Wildman–Crippen LogP) is 0.785. The highest BCUT2D eigenvalue weighted by atomic mass is 16.3. The summed E-state index contributed by atoms with van der Waals surface area (Å²) in [7, 11) is 4.22. The number of rotatable bonds is 4. The van der Waals surface area contributed by atoms with E-state index in [1.807, 2.05) is 6.92 Å². The lowest BCUT2D eigenvalue weighted by Gasteiger charge is -2.35. The molecule has 0 aromatic carbocycles. The van der Waals surface area contributed by atoms with E-state index < -0.39 is 5.60 Å². The van der Waals surface area contributed by atoms with Crippen LogP contribution in [0.15, 0.2) is 0 Å². The van der Waals surface area contributed by atoms with Crippen molar-refractivity contribution in [1.29, 1.82) is 0 Å². The van der Waals surface area contributed by atoms with Gasteiger partial charge in [0.05, 0.1) is 5.60 Å². The van der Waals surface area contributed by atoms with Crippen molar-refractivity contribution in [2.24, 2.45) is 0 Å². The first-order valence-electron chi connectivity index (χ1n) is 5.59. The van der Waals surface area contributed by atoms with Crippen molar-refractivity contribution in [3.63, 3.8) is 0 Å². The minimum atomic E-state index is -0.405. The van der Waals surface area contributed by atoms with Gasteiger partial charge in [-0.05, 0) is 53.4 Å². The molecule has 1 aliphatic heterocycles. The van der Waals surface area contributed by atoms with Crippen LogP contribution in [0.3, 0.4) is 0 Å². The Morgan fingerprint density at radius 3 is 2.36 bits per heavy atom. The molecule has 14 heavy (non-hydrogen) atoms. The summed E-state index contributed by atoms with van der Waals surface area (Å²) >= 11 is 0. The highest BCUT2D eigenvalue weighted by molar-refractivity contribution is 4.81. The second kappa shape index (κ2) is 5.10. The largest absolute Gasteiger partial charge is 0.390 e. The minimum Gasteiger partial charge on any atom is -0.390 e. The van der Waals surface area contributed by atoms with E-state index in [1.165, 1.54) is 13.0 Å². The fourth-order valence-electron chi connectivity index (χ4n) is 1.87. The molecule has 0 radical (unpaired) electrons. The highest BCUT2D eigenvalue weighted by Crippen LogP contribution is 2.20. The van der Waals surface area contributed by atoms with Crippen LogP contribution in [0.25, 0.3) is 0 Å². The van der Waals surface area contributed by atoms with Crippen molar-refractivity contribution in [2.75, 3.05) is 40.3 Å². The topological polar surface area (TPSA) is 26.7 Å². The Hall–Kier alpha value is -0.120. The predicted molar refractivity (Wildman–Crippen MR) is 59.5 cm³/mol. The van der Waals surface area contributed by atoms with Crippen LogP contribution < -0.4 is 0 Å². The van der Waals surface area contributed by atoms with Crippen LogP contribution in [0.1, 0.15) is 26.2 Å². The van der Waals surface area contributed by atoms with Gasteiger partial charge in [0.1, 0.15) is 0 Å². The van der Waals surface area contributed by atoms with Gasteiger partial charge in [0, 0.05) is 13.1 Å². The molecule has 0 unspecified atom stereocenters. The van der Waals surface area contributed by atoms with E-state index in [2.05, 4.69) is 23.9 Å². The second-order valence-corrected chi connectivity index (χ2v) is 5.00. The van der Waals surface area contributed by atoms with Crippen molar-refractivity contribution >= 4 is 0 Å². The van der Waals surface area contributed by atoms with Crippen molar-refractivity contribution in [3.8, 4) is 0 Å². The molecule has 1 aliphatic rings. The fourth-order valence-corrected chi connectivity index (χ4v) is 1.87. The first-order chi connectivity index (χ1) is 6.49. The van der Waals surface area contributed by atoms with E-state index >= 15 is 0 Å². The van der Waals surface area contributed by atoms with Crippen LogP contribution in [0.5, 0.6) is 0 Å². The number of likely N-dealkylation sites (tertiary alicyclic amines) is 1. The second-order valence-electron chi connectivity index (χ2n) is 5.00. The summed E-state index contributed by atoms with van der Waals surface area (Å²) in [4.78, 5) is 4.68. The Bertz CT molecular complexity index is 159. The Morgan fingerprint density at radius 2 is 1.86 bits per heavy atom. The number of hydrogen-bond donors (Lipinski definition) is 1. The maximum atomic E-state index is 9.77. The van der Waals surface area contributed by atoms with Gasteiger partial charge in [0.15, 0.2) is 0 Å². The molecule has 0 aromatic heterocycles. The van der Waals surface area contributed by atoms with Crippen LogP contribution >= 0.6 is 0 Å². The monoisotopic (exact) mass is 200 g/mol. The third-order valence-corrected chi connectivity index (χ3v) is 3.01. The fraction of sp³-hybridized carbons (Fsp3) is 1.00. The van der Waals surface area contributed by atoms with Gasteiger partial charge < -0.3 is 14.9 Å². The molecule has 0 atom stereocenters. The summed E-state index contributed by atoms with van der Waals surface area (Å²) in [6.45, 7) is 6.40. The molecule has 0 saturated carbocycles. The molecule has 0 aromatic rings. The maximum Gasteiger partial charge on any atom is 0.0644 e. The summed E-state index contributed by atoms with van der Waals surface area (Å²) in [5.74, 6) is 0. The van der Waals surface area contributed by atoms with E-state index in [0.29, 0.717) is 0 Å². The molecule has 1 saturated heterocycles. The first-order valence-corrected chi connectivity index (χ1v) is 5.59. The molecular formula is C11H24N2O. The lowest BCUT2D eigenvalue weighted by molar-refractivity contribution is -0.00572. The van der Waals surface area contributed by atoms with Gasteiger partial charge in [-0.1, -0.05) is 0 Å². The molecule has 1 N–H and O–H groups in total. The van der Waals surface area contributed by atoms with E-state index in [9.17, 15) is 5.11 Å². The van der Waals surface area contributed by atoms with Crippen LogP contribution in [0.2, 0.25) is 0 Å². The molecule has 0 aliphatic carbocycles. The third kappa shape index (κ3) is 4.40. The van der Waals surface area contributed by atoms with E-state index in [0.717, 1.165) is 32.5 Å². The van der Waals surface area contributed by atoms with Crippen molar-refractivity contribution in [2.45, 2.75) is 31.8 Å².